The van der Waals surface area contributed by atoms with Gasteiger partial charge in [-0.05, 0) is 19.1 Å². The zero-order valence-corrected chi connectivity index (χ0v) is 12.6. The summed E-state index contributed by atoms with van der Waals surface area (Å²) in [4.78, 5) is 15.6. The molecule has 1 aromatic rings. The monoisotopic (exact) mass is 297 g/mol. The Bertz CT molecular complexity index is 501. The van der Waals surface area contributed by atoms with E-state index < -0.39 is 23.7 Å². The van der Waals surface area contributed by atoms with Crippen molar-refractivity contribution in [1.82, 2.24) is 15.1 Å². The highest BCUT2D eigenvalue weighted by atomic mass is 19.1. The molecule has 1 heterocycles. The molecule has 1 saturated heterocycles. The molecule has 0 aromatic heterocycles. The third-order valence-electron chi connectivity index (χ3n) is 3.93. The number of rotatable bonds is 3. The van der Waals surface area contributed by atoms with Gasteiger partial charge in [-0.15, -0.1) is 0 Å². The first-order chi connectivity index (χ1) is 9.93. The molecule has 0 radical (unpaired) electrons. The molecule has 1 aliphatic rings. The largest absolute Gasteiger partial charge is 0.347 e. The van der Waals surface area contributed by atoms with Gasteiger partial charge in [-0.1, -0.05) is 6.07 Å². The van der Waals surface area contributed by atoms with Crippen LogP contribution in [0, 0.1) is 11.6 Å². The molecule has 1 N–H and O–H groups in total. The topological polar surface area (TPSA) is 35.6 Å². The molecule has 2 atom stereocenters. The van der Waals surface area contributed by atoms with Gasteiger partial charge < -0.3 is 10.2 Å². The molecule has 1 fully saturated rings. The Morgan fingerprint density at radius 1 is 1.38 bits per heavy atom. The molecular formula is C15H21F2N3O. The third kappa shape index (κ3) is 3.22. The Morgan fingerprint density at radius 2 is 2.00 bits per heavy atom. The summed E-state index contributed by atoms with van der Waals surface area (Å²) in [5.74, 6) is -1.21. The van der Waals surface area contributed by atoms with E-state index in [0.717, 1.165) is 0 Å². The Labute approximate surface area is 123 Å². The van der Waals surface area contributed by atoms with Gasteiger partial charge in [0.2, 0.25) is 5.91 Å². The van der Waals surface area contributed by atoms with E-state index in [1.807, 2.05) is 4.90 Å². The zero-order chi connectivity index (χ0) is 15.6. The first kappa shape index (κ1) is 15.9. The fraction of sp³-hybridized carbons (Fsp3) is 0.533. The summed E-state index contributed by atoms with van der Waals surface area (Å²) >= 11 is 0. The van der Waals surface area contributed by atoms with Crippen molar-refractivity contribution in [3.05, 3.63) is 35.4 Å². The molecule has 1 aromatic carbocycles. The lowest BCUT2D eigenvalue weighted by Crippen LogP contribution is -2.58. The van der Waals surface area contributed by atoms with Gasteiger partial charge in [0, 0.05) is 45.3 Å². The highest BCUT2D eigenvalue weighted by Gasteiger charge is 2.34. The van der Waals surface area contributed by atoms with E-state index in [4.69, 9.17) is 0 Å². The van der Waals surface area contributed by atoms with Crippen LogP contribution in [-0.4, -0.2) is 55.5 Å². The lowest BCUT2D eigenvalue weighted by molar-refractivity contribution is -0.136. The van der Waals surface area contributed by atoms with Gasteiger partial charge in [-0.25, -0.2) is 8.78 Å². The number of likely N-dealkylation sites (N-methyl/N-ethyl adjacent to an activating group) is 1. The second kappa shape index (κ2) is 6.49. The van der Waals surface area contributed by atoms with Crippen molar-refractivity contribution in [2.24, 2.45) is 0 Å². The summed E-state index contributed by atoms with van der Waals surface area (Å²) in [6.07, 6.45) is 0. The number of piperazine rings is 1. The van der Waals surface area contributed by atoms with E-state index in [-0.39, 0.29) is 11.5 Å². The number of nitrogens with one attached hydrogen (secondary N) is 1. The maximum absolute atomic E-state index is 14.0. The minimum absolute atomic E-state index is 0.0240. The lowest BCUT2D eigenvalue weighted by atomic mass is 10.0. The smallest absolute Gasteiger partial charge is 0.240 e. The van der Waals surface area contributed by atoms with E-state index in [2.05, 4.69) is 5.32 Å². The van der Waals surface area contributed by atoms with Crippen LogP contribution in [0.2, 0.25) is 0 Å². The Balaban J connectivity index is 2.31. The summed E-state index contributed by atoms with van der Waals surface area (Å²) in [5, 5.41) is 3.16. The number of amides is 1. The number of hydrogen-bond acceptors (Lipinski definition) is 3. The van der Waals surface area contributed by atoms with Crippen LogP contribution in [0.1, 0.15) is 18.5 Å². The Hall–Kier alpha value is -1.53. The fourth-order valence-corrected chi connectivity index (χ4v) is 2.79. The molecule has 0 bridgehead atoms. The second-order valence-electron chi connectivity index (χ2n) is 5.50. The van der Waals surface area contributed by atoms with Crippen LogP contribution >= 0.6 is 0 Å². The van der Waals surface area contributed by atoms with E-state index >= 15 is 0 Å². The van der Waals surface area contributed by atoms with Crippen LogP contribution in [0.25, 0.3) is 0 Å². The number of carbonyl (C=O) groups is 1. The normalized spacial score (nSPS) is 21.1. The molecule has 116 valence electrons. The van der Waals surface area contributed by atoms with Crippen LogP contribution in [0.15, 0.2) is 18.2 Å². The van der Waals surface area contributed by atoms with Crippen molar-refractivity contribution in [2.45, 2.75) is 19.0 Å². The van der Waals surface area contributed by atoms with Gasteiger partial charge in [0.15, 0.2) is 0 Å². The van der Waals surface area contributed by atoms with Gasteiger partial charge in [0.05, 0.1) is 0 Å². The number of nitrogens with zero attached hydrogens (tertiary/aromatic N) is 2. The highest BCUT2D eigenvalue weighted by molar-refractivity contribution is 5.81. The Morgan fingerprint density at radius 3 is 2.57 bits per heavy atom. The molecule has 1 amide bonds. The quantitative estimate of drug-likeness (QED) is 0.916. The van der Waals surface area contributed by atoms with E-state index in [0.29, 0.717) is 19.6 Å². The van der Waals surface area contributed by atoms with Crippen molar-refractivity contribution in [3.8, 4) is 0 Å². The summed E-state index contributed by atoms with van der Waals surface area (Å²) in [6, 6.07) is 2.94. The van der Waals surface area contributed by atoms with Crippen molar-refractivity contribution < 1.29 is 13.6 Å². The minimum atomic E-state index is -0.572. The average molecular weight is 297 g/mol. The second-order valence-corrected chi connectivity index (χ2v) is 5.50. The SMILES string of the molecule is CC(c1c(F)cccc1F)N1CCNCC1C(=O)N(C)C. The molecule has 0 aliphatic carbocycles. The number of halogens is 2. The summed E-state index contributed by atoms with van der Waals surface area (Å²) in [5.41, 5.74) is 0.0240. The minimum Gasteiger partial charge on any atom is -0.347 e. The van der Waals surface area contributed by atoms with Gasteiger partial charge in [0.1, 0.15) is 17.7 Å². The molecule has 0 saturated carbocycles. The number of carbonyl (C=O) groups excluding carboxylic acids is 1. The number of hydrogen-bond donors (Lipinski definition) is 1. The maximum Gasteiger partial charge on any atom is 0.240 e. The zero-order valence-electron chi connectivity index (χ0n) is 12.6. The molecule has 0 spiro atoms. The van der Waals surface area contributed by atoms with Crippen molar-refractivity contribution in [2.75, 3.05) is 33.7 Å². The number of benzene rings is 1. The summed E-state index contributed by atoms with van der Waals surface area (Å²) in [7, 11) is 3.37. The van der Waals surface area contributed by atoms with Crippen molar-refractivity contribution >= 4 is 5.91 Å². The Kier molecular flexibility index (Phi) is 4.90. The summed E-state index contributed by atoms with van der Waals surface area (Å²) in [6.45, 7) is 3.48. The van der Waals surface area contributed by atoms with E-state index in [1.54, 1.807) is 21.0 Å². The molecule has 4 nitrogen and oxygen atoms in total. The fourth-order valence-electron chi connectivity index (χ4n) is 2.79. The van der Waals surface area contributed by atoms with Crippen molar-refractivity contribution in [1.29, 1.82) is 0 Å². The van der Waals surface area contributed by atoms with Gasteiger partial charge in [0.25, 0.3) is 0 Å². The molecule has 2 rings (SSSR count). The standard InChI is InChI=1S/C15H21F2N3O/c1-10(14-11(16)5-4-6-12(14)17)20-8-7-18-9-13(20)15(21)19(2)3/h4-6,10,13,18H,7-9H2,1-3H3. The molecule has 1 aliphatic heterocycles. The van der Waals surface area contributed by atoms with Gasteiger partial charge in [-0.3, -0.25) is 9.69 Å². The molecule has 21 heavy (non-hydrogen) atoms. The van der Waals surface area contributed by atoms with Gasteiger partial charge >= 0.3 is 0 Å². The first-order valence-corrected chi connectivity index (χ1v) is 7.05. The van der Waals surface area contributed by atoms with Crippen LogP contribution in [0.3, 0.4) is 0 Å². The first-order valence-electron chi connectivity index (χ1n) is 7.05. The predicted octanol–water partition coefficient (Wildman–Crippen LogP) is 1.39. The molecule has 2 unspecified atom stereocenters. The van der Waals surface area contributed by atoms with Gasteiger partial charge in [-0.2, -0.15) is 0 Å². The molecule has 6 heteroatoms. The predicted molar refractivity (Wildman–Crippen MR) is 76.8 cm³/mol. The third-order valence-corrected chi connectivity index (χ3v) is 3.93. The van der Waals surface area contributed by atoms with Crippen molar-refractivity contribution in [3.63, 3.8) is 0 Å². The maximum atomic E-state index is 14.0. The lowest BCUT2D eigenvalue weighted by Gasteiger charge is -2.40. The average Bonchev–Trinajstić information content (AvgIpc) is 2.46. The van der Waals surface area contributed by atoms with Crippen LogP contribution < -0.4 is 5.32 Å². The molecular weight excluding hydrogens is 276 g/mol. The van der Waals surface area contributed by atoms with Crippen LogP contribution in [0.5, 0.6) is 0 Å². The van der Waals surface area contributed by atoms with E-state index in [1.165, 1.54) is 23.1 Å². The highest BCUT2D eigenvalue weighted by Crippen LogP contribution is 2.28. The van der Waals surface area contributed by atoms with Crippen LogP contribution in [-0.2, 0) is 4.79 Å². The van der Waals surface area contributed by atoms with Crippen LogP contribution in [0.4, 0.5) is 8.78 Å². The van der Waals surface area contributed by atoms with E-state index in [9.17, 15) is 13.6 Å². The summed E-state index contributed by atoms with van der Waals surface area (Å²) < 4.78 is 27.9.